The van der Waals surface area contributed by atoms with E-state index < -0.39 is 5.82 Å². The SMILES string of the molecule is N#CC(=Cc1ccc(-n2cncn2)c(F)c1)c1ccc2ccccc2n1. The molecule has 0 bridgehead atoms. The van der Waals surface area contributed by atoms with E-state index in [-0.39, 0.29) is 0 Å². The van der Waals surface area contributed by atoms with E-state index >= 15 is 0 Å². The summed E-state index contributed by atoms with van der Waals surface area (Å²) in [5.41, 5.74) is 2.58. The summed E-state index contributed by atoms with van der Waals surface area (Å²) >= 11 is 0. The monoisotopic (exact) mass is 341 g/mol. The lowest BCUT2D eigenvalue weighted by molar-refractivity contribution is 0.610. The highest BCUT2D eigenvalue weighted by Gasteiger charge is 2.08. The molecule has 26 heavy (non-hydrogen) atoms. The van der Waals surface area contributed by atoms with E-state index in [0.717, 1.165) is 10.9 Å². The topological polar surface area (TPSA) is 67.4 Å². The average Bonchev–Trinajstić information content (AvgIpc) is 3.20. The average molecular weight is 341 g/mol. The summed E-state index contributed by atoms with van der Waals surface area (Å²) in [5, 5.41) is 14.4. The highest BCUT2D eigenvalue weighted by atomic mass is 19.1. The van der Waals surface area contributed by atoms with Crippen LogP contribution in [0.3, 0.4) is 0 Å². The minimum absolute atomic E-state index is 0.294. The Morgan fingerprint density at radius 3 is 2.77 bits per heavy atom. The Kier molecular flexibility index (Phi) is 3.96. The Morgan fingerprint density at radius 1 is 1.12 bits per heavy atom. The van der Waals surface area contributed by atoms with Gasteiger partial charge in [0.05, 0.1) is 16.8 Å². The van der Waals surface area contributed by atoms with Gasteiger partial charge in [-0.05, 0) is 35.9 Å². The number of nitrogens with zero attached hydrogens (tertiary/aromatic N) is 5. The first-order valence-corrected chi connectivity index (χ1v) is 7.87. The van der Waals surface area contributed by atoms with Crippen LogP contribution in [0.15, 0.2) is 67.3 Å². The number of nitriles is 1. The van der Waals surface area contributed by atoms with E-state index in [1.807, 2.05) is 30.3 Å². The van der Waals surface area contributed by atoms with Gasteiger partial charge in [0.25, 0.3) is 0 Å². The predicted molar refractivity (Wildman–Crippen MR) is 96.5 cm³/mol. The van der Waals surface area contributed by atoms with Crippen molar-refractivity contribution in [2.24, 2.45) is 0 Å². The number of allylic oxidation sites excluding steroid dienone is 1. The molecule has 2 aromatic heterocycles. The van der Waals surface area contributed by atoms with E-state index in [2.05, 4.69) is 21.1 Å². The van der Waals surface area contributed by atoms with Crippen LogP contribution in [0.25, 0.3) is 28.2 Å². The maximum atomic E-state index is 14.4. The van der Waals surface area contributed by atoms with Crippen molar-refractivity contribution in [1.29, 1.82) is 5.26 Å². The Bertz CT molecular complexity index is 1160. The van der Waals surface area contributed by atoms with Crippen molar-refractivity contribution >= 4 is 22.6 Å². The molecule has 124 valence electrons. The highest BCUT2D eigenvalue weighted by molar-refractivity contribution is 5.90. The number of benzene rings is 2. The van der Waals surface area contributed by atoms with Crippen LogP contribution < -0.4 is 0 Å². The van der Waals surface area contributed by atoms with Gasteiger partial charge >= 0.3 is 0 Å². The van der Waals surface area contributed by atoms with Crippen LogP contribution in [-0.4, -0.2) is 19.7 Å². The molecular formula is C20H12FN5. The van der Waals surface area contributed by atoms with E-state index in [1.54, 1.807) is 24.3 Å². The van der Waals surface area contributed by atoms with Crippen molar-refractivity contribution in [1.82, 2.24) is 19.7 Å². The first kappa shape index (κ1) is 15.7. The summed E-state index contributed by atoms with van der Waals surface area (Å²) in [6, 6.07) is 18.2. The Morgan fingerprint density at radius 2 is 2.00 bits per heavy atom. The van der Waals surface area contributed by atoms with Gasteiger partial charge < -0.3 is 0 Å². The van der Waals surface area contributed by atoms with Crippen molar-refractivity contribution in [2.75, 3.05) is 0 Å². The second kappa shape index (κ2) is 6.57. The quantitative estimate of drug-likeness (QED) is 0.528. The van der Waals surface area contributed by atoms with Gasteiger partial charge in [0.2, 0.25) is 0 Å². The van der Waals surface area contributed by atoms with Crippen LogP contribution in [0.1, 0.15) is 11.3 Å². The van der Waals surface area contributed by atoms with E-state index in [1.165, 1.54) is 23.4 Å². The molecule has 0 atom stereocenters. The standard InChI is InChI=1S/C20H12FN5/c21-17-10-14(5-8-20(17)26-13-23-12-24-26)9-16(11-22)19-7-6-15-3-1-2-4-18(15)25-19/h1-10,12-13H. The first-order valence-electron chi connectivity index (χ1n) is 7.87. The summed E-state index contributed by atoms with van der Waals surface area (Å²) in [6.07, 6.45) is 4.38. The fourth-order valence-electron chi connectivity index (χ4n) is 2.68. The smallest absolute Gasteiger partial charge is 0.149 e. The second-order valence-corrected chi connectivity index (χ2v) is 5.61. The van der Waals surface area contributed by atoms with Gasteiger partial charge in [0, 0.05) is 5.39 Å². The zero-order valence-electron chi connectivity index (χ0n) is 13.5. The number of para-hydroxylation sites is 1. The van der Waals surface area contributed by atoms with Gasteiger partial charge in [-0.3, -0.25) is 0 Å². The first-order chi connectivity index (χ1) is 12.7. The minimum atomic E-state index is -0.451. The molecule has 0 spiro atoms. The van der Waals surface area contributed by atoms with Gasteiger partial charge in [-0.2, -0.15) is 10.4 Å². The van der Waals surface area contributed by atoms with Crippen molar-refractivity contribution in [2.45, 2.75) is 0 Å². The lowest BCUT2D eigenvalue weighted by atomic mass is 10.1. The van der Waals surface area contributed by atoms with Crippen LogP contribution in [0.4, 0.5) is 4.39 Å². The molecule has 0 fully saturated rings. The van der Waals surface area contributed by atoms with Crippen molar-refractivity contribution in [3.63, 3.8) is 0 Å². The Labute approximate surface area is 148 Å². The lowest BCUT2D eigenvalue weighted by Crippen LogP contribution is -1.98. The molecule has 2 aromatic carbocycles. The lowest BCUT2D eigenvalue weighted by Gasteiger charge is -2.05. The molecule has 0 aliphatic carbocycles. The molecule has 6 heteroatoms. The number of rotatable bonds is 3. The Balaban J connectivity index is 1.73. The molecule has 5 nitrogen and oxygen atoms in total. The summed E-state index contributed by atoms with van der Waals surface area (Å²) in [4.78, 5) is 8.33. The van der Waals surface area contributed by atoms with Gasteiger partial charge in [0.15, 0.2) is 0 Å². The van der Waals surface area contributed by atoms with Crippen molar-refractivity contribution in [3.8, 4) is 11.8 Å². The number of hydrogen-bond donors (Lipinski definition) is 0. The van der Waals surface area contributed by atoms with Crippen molar-refractivity contribution in [3.05, 3.63) is 84.3 Å². The molecular weight excluding hydrogens is 329 g/mol. The molecule has 4 rings (SSSR count). The zero-order chi connectivity index (χ0) is 17.9. The number of pyridine rings is 1. The molecule has 0 unspecified atom stereocenters. The maximum absolute atomic E-state index is 14.4. The molecule has 0 aliphatic heterocycles. The number of halogens is 1. The summed E-state index contributed by atoms with van der Waals surface area (Å²) in [7, 11) is 0. The van der Waals surface area contributed by atoms with Crippen LogP contribution in [0.5, 0.6) is 0 Å². The number of hydrogen-bond acceptors (Lipinski definition) is 4. The van der Waals surface area contributed by atoms with Gasteiger partial charge in [-0.1, -0.05) is 30.3 Å². The number of fused-ring (bicyclic) bond motifs is 1. The van der Waals surface area contributed by atoms with E-state index in [0.29, 0.717) is 22.5 Å². The normalized spacial score (nSPS) is 11.5. The molecule has 0 aliphatic rings. The Hall–Kier alpha value is -3.85. The largest absolute Gasteiger partial charge is 0.247 e. The molecule has 0 N–H and O–H groups in total. The highest BCUT2D eigenvalue weighted by Crippen LogP contribution is 2.21. The van der Waals surface area contributed by atoms with Crippen molar-refractivity contribution < 1.29 is 4.39 Å². The summed E-state index contributed by atoms with van der Waals surface area (Å²) in [5.74, 6) is -0.451. The van der Waals surface area contributed by atoms with Crippen LogP contribution in [-0.2, 0) is 0 Å². The third-order valence-electron chi connectivity index (χ3n) is 3.94. The predicted octanol–water partition coefficient (Wildman–Crippen LogP) is 4.02. The summed E-state index contributed by atoms with van der Waals surface area (Å²) < 4.78 is 15.7. The van der Waals surface area contributed by atoms with Gasteiger partial charge in [0.1, 0.15) is 30.2 Å². The van der Waals surface area contributed by atoms with Crippen LogP contribution in [0.2, 0.25) is 0 Å². The van der Waals surface area contributed by atoms with E-state index in [9.17, 15) is 9.65 Å². The third-order valence-corrected chi connectivity index (χ3v) is 3.94. The minimum Gasteiger partial charge on any atom is -0.247 e. The molecule has 4 aromatic rings. The molecule has 0 saturated heterocycles. The fraction of sp³-hybridized carbons (Fsp3) is 0. The molecule has 0 saturated carbocycles. The summed E-state index contributed by atoms with van der Waals surface area (Å²) in [6.45, 7) is 0. The third kappa shape index (κ3) is 2.94. The van der Waals surface area contributed by atoms with E-state index in [4.69, 9.17) is 0 Å². The van der Waals surface area contributed by atoms with Crippen LogP contribution >= 0.6 is 0 Å². The molecule has 0 radical (unpaired) electrons. The zero-order valence-corrected chi connectivity index (χ0v) is 13.5. The van der Waals surface area contributed by atoms with Gasteiger partial charge in [-0.25, -0.2) is 19.0 Å². The second-order valence-electron chi connectivity index (χ2n) is 5.61. The number of aromatic nitrogens is 4. The molecule has 2 heterocycles. The van der Waals surface area contributed by atoms with Gasteiger partial charge in [-0.15, -0.1) is 0 Å². The maximum Gasteiger partial charge on any atom is 0.149 e. The van der Waals surface area contributed by atoms with Crippen LogP contribution in [0, 0.1) is 17.1 Å². The molecule has 0 amide bonds. The fourth-order valence-corrected chi connectivity index (χ4v) is 2.68.